The number of hydrogen-bond donors (Lipinski definition) is 0. The van der Waals surface area contributed by atoms with Gasteiger partial charge in [0.15, 0.2) is 0 Å². The van der Waals surface area contributed by atoms with Crippen molar-refractivity contribution in [1.82, 2.24) is 0 Å². The Kier molecular flexibility index (Phi) is 6.95. The largest absolute Gasteiger partial charge is 0.488 e. The van der Waals surface area contributed by atoms with Gasteiger partial charge in [-0.3, -0.25) is 0 Å². The summed E-state index contributed by atoms with van der Waals surface area (Å²) in [5.74, 6) is 0.705. The Labute approximate surface area is 185 Å². The lowest BCUT2D eigenvalue weighted by atomic mass is 10.0. The van der Waals surface area contributed by atoms with Gasteiger partial charge in [0.25, 0.3) is 0 Å². The van der Waals surface area contributed by atoms with E-state index in [2.05, 4.69) is 44.6 Å². The molecule has 0 spiro atoms. The van der Waals surface area contributed by atoms with Gasteiger partial charge in [0, 0.05) is 24.2 Å². The van der Waals surface area contributed by atoms with Crippen LogP contribution in [0.25, 0.3) is 11.6 Å². The lowest BCUT2D eigenvalue weighted by molar-refractivity contribution is 0.305. The fourth-order valence-electron chi connectivity index (χ4n) is 2.51. The van der Waals surface area contributed by atoms with Gasteiger partial charge in [-0.05, 0) is 70.6 Å². The molecule has 0 saturated carbocycles. The lowest BCUT2D eigenvalue weighted by Crippen LogP contribution is -1.97. The molecule has 134 valence electrons. The number of nitriles is 1. The van der Waals surface area contributed by atoms with Crippen molar-refractivity contribution in [3.8, 4) is 11.8 Å². The topological polar surface area (TPSA) is 33.0 Å². The summed E-state index contributed by atoms with van der Waals surface area (Å²) in [5.41, 5.74) is 3.08. The predicted molar refractivity (Wildman–Crippen MR) is 123 cm³/mol. The van der Waals surface area contributed by atoms with Crippen molar-refractivity contribution in [2.24, 2.45) is 0 Å². The van der Waals surface area contributed by atoms with E-state index in [0.717, 1.165) is 15.6 Å². The highest BCUT2D eigenvalue weighted by Crippen LogP contribution is 2.30. The number of halogens is 3. The maximum Gasteiger partial charge on any atom is 0.127 e. The molecule has 3 aromatic rings. The quantitative estimate of drug-likeness (QED) is 0.189. The van der Waals surface area contributed by atoms with E-state index in [1.807, 2.05) is 60.7 Å². The normalized spacial score (nSPS) is 11.1. The van der Waals surface area contributed by atoms with Crippen LogP contribution in [0.3, 0.4) is 0 Å². The standard InChI is InChI=1S/C22H14BrClINO/c23-18-7-10-22(27-14-15-5-8-19(25)9-6-15)16(12-18)11-17(13-26)20-3-1-2-4-21(20)24/h1-12H,14H2. The average molecular weight is 551 g/mol. The maximum atomic E-state index is 9.63. The Morgan fingerprint density at radius 1 is 1.11 bits per heavy atom. The number of hydrogen-bond acceptors (Lipinski definition) is 2. The van der Waals surface area contributed by atoms with Gasteiger partial charge in [0.05, 0.1) is 11.6 Å². The summed E-state index contributed by atoms with van der Waals surface area (Å²) < 4.78 is 8.11. The minimum Gasteiger partial charge on any atom is -0.488 e. The summed E-state index contributed by atoms with van der Waals surface area (Å²) in [6.45, 7) is 0.452. The Bertz CT molecular complexity index is 1030. The highest BCUT2D eigenvalue weighted by atomic mass is 127. The van der Waals surface area contributed by atoms with Crippen LogP contribution in [0.4, 0.5) is 0 Å². The third kappa shape index (κ3) is 5.35. The van der Waals surface area contributed by atoms with Crippen molar-refractivity contribution in [2.45, 2.75) is 6.61 Å². The van der Waals surface area contributed by atoms with Crippen molar-refractivity contribution in [3.63, 3.8) is 0 Å². The minimum atomic E-state index is 0.452. The van der Waals surface area contributed by atoms with Crippen LogP contribution in [-0.4, -0.2) is 0 Å². The molecule has 3 aromatic carbocycles. The lowest BCUT2D eigenvalue weighted by Gasteiger charge is -2.11. The molecule has 0 heterocycles. The van der Waals surface area contributed by atoms with Crippen LogP contribution in [-0.2, 0) is 6.61 Å². The fourth-order valence-corrected chi connectivity index (χ4v) is 3.49. The molecule has 0 radical (unpaired) electrons. The summed E-state index contributed by atoms with van der Waals surface area (Å²) in [5, 5.41) is 10.2. The zero-order valence-electron chi connectivity index (χ0n) is 14.1. The summed E-state index contributed by atoms with van der Waals surface area (Å²) in [7, 11) is 0. The molecular formula is C22H14BrClINO. The molecule has 2 nitrogen and oxygen atoms in total. The first-order chi connectivity index (χ1) is 13.1. The van der Waals surface area contributed by atoms with Gasteiger partial charge in [-0.2, -0.15) is 5.26 Å². The second-order valence-electron chi connectivity index (χ2n) is 5.75. The number of nitrogens with zero attached hydrogens (tertiary/aromatic N) is 1. The molecule has 0 N–H and O–H groups in total. The van der Waals surface area contributed by atoms with Gasteiger partial charge in [-0.15, -0.1) is 0 Å². The molecule has 0 bridgehead atoms. The van der Waals surface area contributed by atoms with Crippen molar-refractivity contribution < 1.29 is 4.74 Å². The van der Waals surface area contributed by atoms with Crippen molar-refractivity contribution >= 4 is 61.8 Å². The molecule has 3 rings (SSSR count). The van der Waals surface area contributed by atoms with Gasteiger partial charge in [0.2, 0.25) is 0 Å². The molecule has 0 aliphatic rings. The fraction of sp³-hybridized carbons (Fsp3) is 0.0455. The highest BCUT2D eigenvalue weighted by Gasteiger charge is 2.09. The number of allylic oxidation sites excluding steroid dienone is 1. The Morgan fingerprint density at radius 2 is 1.85 bits per heavy atom. The number of benzene rings is 3. The van der Waals surface area contributed by atoms with Crippen LogP contribution in [0.2, 0.25) is 5.02 Å². The second-order valence-corrected chi connectivity index (χ2v) is 8.32. The van der Waals surface area contributed by atoms with Crippen molar-refractivity contribution in [1.29, 1.82) is 5.26 Å². The van der Waals surface area contributed by atoms with Gasteiger partial charge in [-0.1, -0.05) is 57.9 Å². The van der Waals surface area contributed by atoms with Crippen LogP contribution in [0.1, 0.15) is 16.7 Å². The smallest absolute Gasteiger partial charge is 0.127 e. The first kappa shape index (κ1) is 19.9. The van der Waals surface area contributed by atoms with Crippen molar-refractivity contribution in [2.75, 3.05) is 0 Å². The summed E-state index contributed by atoms with van der Waals surface area (Å²) >= 11 is 12.0. The molecule has 5 heteroatoms. The molecule has 0 saturated heterocycles. The van der Waals surface area contributed by atoms with Crippen LogP contribution in [0.15, 0.2) is 71.2 Å². The van der Waals surface area contributed by atoms with Crippen molar-refractivity contribution in [3.05, 3.63) is 96.5 Å². The van der Waals surface area contributed by atoms with Gasteiger partial charge in [0.1, 0.15) is 12.4 Å². The van der Waals surface area contributed by atoms with Crippen LogP contribution in [0.5, 0.6) is 5.75 Å². The van der Waals surface area contributed by atoms with E-state index in [4.69, 9.17) is 16.3 Å². The van der Waals surface area contributed by atoms with Gasteiger partial charge >= 0.3 is 0 Å². The number of rotatable bonds is 5. The average Bonchev–Trinajstić information content (AvgIpc) is 2.67. The van der Waals surface area contributed by atoms with Crippen LogP contribution < -0.4 is 4.74 Å². The summed E-state index contributed by atoms with van der Waals surface area (Å²) in [6, 6.07) is 23.5. The first-order valence-electron chi connectivity index (χ1n) is 8.10. The monoisotopic (exact) mass is 549 g/mol. The van der Waals surface area contributed by atoms with Crippen LogP contribution in [0, 0.1) is 14.9 Å². The summed E-state index contributed by atoms with van der Waals surface area (Å²) in [4.78, 5) is 0. The maximum absolute atomic E-state index is 9.63. The Balaban J connectivity index is 1.92. The van der Waals surface area contributed by atoms with E-state index in [1.165, 1.54) is 3.57 Å². The third-order valence-electron chi connectivity index (χ3n) is 3.86. The Hall–Kier alpha value is -1.81. The number of ether oxygens (including phenoxy) is 1. The van der Waals surface area contributed by atoms with E-state index >= 15 is 0 Å². The third-order valence-corrected chi connectivity index (χ3v) is 5.41. The van der Waals surface area contributed by atoms with Gasteiger partial charge < -0.3 is 4.74 Å². The molecule has 0 aromatic heterocycles. The molecule has 0 amide bonds. The zero-order valence-corrected chi connectivity index (χ0v) is 18.6. The molecule has 0 atom stereocenters. The Morgan fingerprint density at radius 3 is 2.56 bits per heavy atom. The SMILES string of the molecule is N#CC(=Cc1cc(Br)ccc1OCc1ccc(I)cc1)c1ccccc1Cl. The predicted octanol–water partition coefficient (Wildman–Crippen LogP) is 7.35. The minimum absolute atomic E-state index is 0.452. The van der Waals surface area contributed by atoms with E-state index in [9.17, 15) is 5.26 Å². The molecule has 0 aliphatic carbocycles. The molecule has 0 fully saturated rings. The van der Waals surface area contributed by atoms with E-state index < -0.39 is 0 Å². The van der Waals surface area contributed by atoms with Crippen LogP contribution >= 0.6 is 50.1 Å². The van der Waals surface area contributed by atoms with Gasteiger partial charge in [-0.25, -0.2) is 0 Å². The molecular weight excluding hydrogens is 537 g/mol. The first-order valence-corrected chi connectivity index (χ1v) is 10.4. The van der Waals surface area contributed by atoms with E-state index in [-0.39, 0.29) is 0 Å². The second kappa shape index (κ2) is 9.41. The van der Waals surface area contributed by atoms with E-state index in [0.29, 0.717) is 28.5 Å². The summed E-state index contributed by atoms with van der Waals surface area (Å²) in [6.07, 6.45) is 1.80. The molecule has 0 unspecified atom stereocenters. The van der Waals surface area contributed by atoms with E-state index in [1.54, 1.807) is 12.1 Å². The zero-order chi connectivity index (χ0) is 19.2. The highest BCUT2D eigenvalue weighted by molar-refractivity contribution is 14.1. The molecule has 27 heavy (non-hydrogen) atoms. The molecule has 0 aliphatic heterocycles.